The molecule has 1 rings (SSSR count). The van der Waals surface area contributed by atoms with Crippen molar-refractivity contribution in [3.63, 3.8) is 0 Å². The van der Waals surface area contributed by atoms with Gasteiger partial charge >= 0.3 is 0 Å². The van der Waals surface area contributed by atoms with Crippen LogP contribution in [0.3, 0.4) is 0 Å². The van der Waals surface area contributed by atoms with E-state index in [1.807, 2.05) is 12.1 Å². The van der Waals surface area contributed by atoms with Crippen molar-refractivity contribution in [1.29, 1.82) is 0 Å². The quantitative estimate of drug-likeness (QED) is 0.470. The van der Waals surface area contributed by atoms with E-state index in [1.54, 1.807) is 24.7 Å². The molecule has 0 bridgehead atoms. The first-order chi connectivity index (χ1) is 5.43. The van der Waals surface area contributed by atoms with Crippen LogP contribution in [-0.2, 0) is 0 Å². The number of pyridine rings is 1. The standard InChI is InChI=1S/C9H10N2/c1-2-5-10-7-9-4-3-6-11-8-9/h2-4,6-8H,1,5H2/b10-7+. The normalized spacial score (nSPS) is 10.2. The number of hydrogen-bond acceptors (Lipinski definition) is 2. The highest BCUT2D eigenvalue weighted by molar-refractivity contribution is 5.78. The maximum Gasteiger partial charge on any atom is 0.0567 e. The van der Waals surface area contributed by atoms with Crippen LogP contribution in [0.25, 0.3) is 0 Å². The van der Waals surface area contributed by atoms with Crippen LogP contribution < -0.4 is 0 Å². The first-order valence-corrected chi connectivity index (χ1v) is 3.44. The topological polar surface area (TPSA) is 25.2 Å². The smallest absolute Gasteiger partial charge is 0.0567 e. The van der Waals surface area contributed by atoms with Gasteiger partial charge in [-0.1, -0.05) is 12.1 Å². The minimum atomic E-state index is 0.662. The Balaban J connectivity index is 2.57. The van der Waals surface area contributed by atoms with Crippen molar-refractivity contribution in [3.8, 4) is 0 Å². The molecule has 0 saturated heterocycles. The monoisotopic (exact) mass is 146 g/mol. The van der Waals surface area contributed by atoms with Gasteiger partial charge in [-0.05, 0) is 6.07 Å². The van der Waals surface area contributed by atoms with Gasteiger partial charge in [0.2, 0.25) is 0 Å². The van der Waals surface area contributed by atoms with Gasteiger partial charge in [-0.25, -0.2) is 0 Å². The largest absolute Gasteiger partial charge is 0.288 e. The first kappa shape index (κ1) is 7.66. The van der Waals surface area contributed by atoms with Crippen molar-refractivity contribution in [1.82, 2.24) is 4.98 Å². The van der Waals surface area contributed by atoms with Crippen LogP contribution in [-0.4, -0.2) is 17.7 Å². The van der Waals surface area contributed by atoms with E-state index in [9.17, 15) is 0 Å². The molecule has 0 aliphatic carbocycles. The molecule has 1 aromatic rings. The second kappa shape index (κ2) is 4.39. The average molecular weight is 146 g/mol. The molecule has 1 heterocycles. The Morgan fingerprint density at radius 2 is 2.55 bits per heavy atom. The predicted molar refractivity (Wildman–Crippen MR) is 46.9 cm³/mol. The zero-order valence-corrected chi connectivity index (χ0v) is 6.27. The van der Waals surface area contributed by atoms with Crippen LogP contribution in [0, 0.1) is 0 Å². The number of nitrogens with zero attached hydrogens (tertiary/aromatic N) is 2. The van der Waals surface area contributed by atoms with Crippen LogP contribution in [0.4, 0.5) is 0 Å². The molecular formula is C9H10N2. The summed E-state index contributed by atoms with van der Waals surface area (Å²) in [5, 5.41) is 0. The van der Waals surface area contributed by atoms with Crippen LogP contribution in [0.15, 0.2) is 42.2 Å². The van der Waals surface area contributed by atoms with Gasteiger partial charge in [0.05, 0.1) is 6.54 Å². The summed E-state index contributed by atoms with van der Waals surface area (Å²) in [5.41, 5.74) is 1.02. The van der Waals surface area contributed by atoms with Crippen LogP contribution >= 0.6 is 0 Å². The third kappa shape index (κ3) is 2.76. The lowest BCUT2D eigenvalue weighted by atomic mass is 10.3. The highest BCUT2D eigenvalue weighted by Gasteiger charge is 1.81. The SMILES string of the molecule is C=CC/N=C/c1cccnc1. The fraction of sp³-hybridized carbons (Fsp3) is 0.111. The Labute approximate surface area is 66.3 Å². The zero-order chi connectivity index (χ0) is 7.94. The molecule has 0 aliphatic heterocycles. The Bertz CT molecular complexity index is 239. The van der Waals surface area contributed by atoms with E-state index in [4.69, 9.17) is 0 Å². The summed E-state index contributed by atoms with van der Waals surface area (Å²) >= 11 is 0. The summed E-state index contributed by atoms with van der Waals surface area (Å²) in [6.07, 6.45) is 7.05. The summed E-state index contributed by atoms with van der Waals surface area (Å²) in [5.74, 6) is 0. The van der Waals surface area contributed by atoms with E-state index < -0.39 is 0 Å². The van der Waals surface area contributed by atoms with Crippen molar-refractivity contribution in [3.05, 3.63) is 42.7 Å². The fourth-order valence-corrected chi connectivity index (χ4v) is 0.685. The van der Waals surface area contributed by atoms with E-state index in [2.05, 4.69) is 16.6 Å². The lowest BCUT2D eigenvalue weighted by Crippen LogP contribution is -1.82. The van der Waals surface area contributed by atoms with E-state index in [0.29, 0.717) is 6.54 Å². The second-order valence-corrected chi connectivity index (χ2v) is 2.07. The number of aliphatic imine (C=N–C) groups is 1. The maximum atomic E-state index is 4.08. The average Bonchev–Trinajstić information content (AvgIpc) is 2.07. The summed E-state index contributed by atoms with van der Waals surface area (Å²) in [6.45, 7) is 4.22. The molecule has 1 aromatic heterocycles. The molecule has 2 heteroatoms. The Kier molecular flexibility index (Phi) is 3.06. The molecule has 0 amide bonds. The molecule has 0 unspecified atom stereocenters. The van der Waals surface area contributed by atoms with E-state index in [-0.39, 0.29) is 0 Å². The maximum absolute atomic E-state index is 4.08. The first-order valence-electron chi connectivity index (χ1n) is 3.44. The third-order valence-electron chi connectivity index (χ3n) is 1.16. The van der Waals surface area contributed by atoms with Gasteiger partial charge in [-0.2, -0.15) is 0 Å². The van der Waals surface area contributed by atoms with Crippen molar-refractivity contribution in [2.24, 2.45) is 4.99 Å². The molecule has 56 valence electrons. The summed E-state index contributed by atoms with van der Waals surface area (Å²) in [4.78, 5) is 8.02. The van der Waals surface area contributed by atoms with E-state index >= 15 is 0 Å². The van der Waals surface area contributed by atoms with E-state index in [1.165, 1.54) is 0 Å². The van der Waals surface area contributed by atoms with Crippen molar-refractivity contribution < 1.29 is 0 Å². The molecule has 0 radical (unpaired) electrons. The van der Waals surface area contributed by atoms with Crippen LogP contribution in [0.2, 0.25) is 0 Å². The van der Waals surface area contributed by atoms with Gasteiger partial charge in [0.15, 0.2) is 0 Å². The van der Waals surface area contributed by atoms with Gasteiger partial charge in [-0.3, -0.25) is 9.98 Å². The zero-order valence-electron chi connectivity index (χ0n) is 6.27. The predicted octanol–water partition coefficient (Wildman–Crippen LogP) is 1.69. The van der Waals surface area contributed by atoms with Gasteiger partial charge in [0.1, 0.15) is 0 Å². The fourth-order valence-electron chi connectivity index (χ4n) is 0.685. The van der Waals surface area contributed by atoms with Crippen molar-refractivity contribution in [2.75, 3.05) is 6.54 Å². The van der Waals surface area contributed by atoms with Crippen LogP contribution in [0.1, 0.15) is 5.56 Å². The molecule has 2 nitrogen and oxygen atoms in total. The molecule has 0 saturated carbocycles. The highest BCUT2D eigenvalue weighted by Crippen LogP contribution is 1.89. The molecule has 0 N–H and O–H groups in total. The van der Waals surface area contributed by atoms with Gasteiger partial charge in [-0.15, -0.1) is 6.58 Å². The van der Waals surface area contributed by atoms with Crippen molar-refractivity contribution >= 4 is 6.21 Å². The molecule has 0 fully saturated rings. The molecule has 0 atom stereocenters. The number of rotatable bonds is 3. The van der Waals surface area contributed by atoms with Crippen molar-refractivity contribution in [2.45, 2.75) is 0 Å². The minimum absolute atomic E-state index is 0.662. The Morgan fingerprint density at radius 1 is 1.64 bits per heavy atom. The lowest BCUT2D eigenvalue weighted by molar-refractivity contribution is 1.25. The lowest BCUT2D eigenvalue weighted by Gasteiger charge is -1.87. The Hall–Kier alpha value is -1.44. The number of aromatic nitrogens is 1. The Morgan fingerprint density at radius 3 is 3.18 bits per heavy atom. The molecule has 11 heavy (non-hydrogen) atoms. The third-order valence-corrected chi connectivity index (χ3v) is 1.16. The summed E-state index contributed by atoms with van der Waals surface area (Å²) in [7, 11) is 0. The highest BCUT2D eigenvalue weighted by atomic mass is 14.7. The van der Waals surface area contributed by atoms with E-state index in [0.717, 1.165) is 5.56 Å². The summed E-state index contributed by atoms with van der Waals surface area (Å²) < 4.78 is 0. The van der Waals surface area contributed by atoms with Gasteiger partial charge in [0, 0.05) is 24.2 Å². The van der Waals surface area contributed by atoms with Gasteiger partial charge < -0.3 is 0 Å². The van der Waals surface area contributed by atoms with Gasteiger partial charge in [0.25, 0.3) is 0 Å². The second-order valence-electron chi connectivity index (χ2n) is 2.07. The molecule has 0 aromatic carbocycles. The summed E-state index contributed by atoms with van der Waals surface area (Å²) in [6, 6.07) is 3.84. The number of hydrogen-bond donors (Lipinski definition) is 0. The molecular weight excluding hydrogens is 136 g/mol. The van der Waals surface area contributed by atoms with Crippen LogP contribution in [0.5, 0.6) is 0 Å². The molecule has 0 aliphatic rings. The minimum Gasteiger partial charge on any atom is -0.288 e. The molecule has 0 spiro atoms.